The van der Waals surface area contributed by atoms with Crippen LogP contribution in [0.4, 0.5) is 11.4 Å². The van der Waals surface area contributed by atoms with Gasteiger partial charge in [-0.3, -0.25) is 14.4 Å². The second kappa shape index (κ2) is 9.23. The lowest BCUT2D eigenvalue weighted by atomic mass is 9.90. The molecule has 3 aromatic carbocycles. The molecule has 3 unspecified atom stereocenters. The third-order valence-corrected chi connectivity index (χ3v) is 6.22. The van der Waals surface area contributed by atoms with Crippen molar-refractivity contribution in [2.45, 2.75) is 19.1 Å². The molecule has 3 aromatic rings. The number of fused-ring (bicyclic) bond motifs is 1. The Balaban J connectivity index is 1.50. The molecule has 0 radical (unpaired) electrons. The number of hydroxylamine groups is 1. The number of esters is 1. The Labute approximate surface area is 202 Å². The number of hydrogen-bond acceptors (Lipinski definition) is 7. The Morgan fingerprint density at radius 3 is 2.20 bits per heavy atom. The molecule has 2 heterocycles. The van der Waals surface area contributed by atoms with Gasteiger partial charge in [0.15, 0.2) is 6.10 Å². The van der Waals surface area contributed by atoms with E-state index in [1.807, 2.05) is 54.6 Å². The summed E-state index contributed by atoms with van der Waals surface area (Å²) in [4.78, 5) is 46.4. The van der Waals surface area contributed by atoms with Crippen molar-refractivity contribution in [3.05, 3.63) is 90.0 Å². The van der Waals surface area contributed by atoms with Gasteiger partial charge in [-0.15, -0.1) is 0 Å². The molecule has 3 atom stereocenters. The Hall–Kier alpha value is -4.17. The first kappa shape index (κ1) is 22.6. The van der Waals surface area contributed by atoms with Crippen LogP contribution in [0.15, 0.2) is 78.9 Å². The minimum Gasteiger partial charge on any atom is -0.497 e. The summed E-state index contributed by atoms with van der Waals surface area (Å²) >= 11 is 0. The average molecular weight is 472 g/mol. The highest BCUT2D eigenvalue weighted by Crippen LogP contribution is 2.47. The van der Waals surface area contributed by atoms with E-state index in [2.05, 4.69) is 0 Å². The third kappa shape index (κ3) is 3.91. The van der Waals surface area contributed by atoms with Crippen molar-refractivity contribution in [1.29, 1.82) is 0 Å². The second-order valence-electron chi connectivity index (χ2n) is 8.21. The van der Waals surface area contributed by atoms with Crippen LogP contribution in [0.3, 0.4) is 0 Å². The number of ether oxygens (including phenoxy) is 2. The summed E-state index contributed by atoms with van der Waals surface area (Å²) in [6, 6.07) is 22.5. The zero-order chi connectivity index (χ0) is 24.5. The molecule has 0 spiro atoms. The van der Waals surface area contributed by atoms with Crippen LogP contribution in [-0.4, -0.2) is 37.6 Å². The fraction of sp³-hybridized carbons (Fsp3) is 0.222. The zero-order valence-corrected chi connectivity index (χ0v) is 19.3. The fourth-order valence-corrected chi connectivity index (χ4v) is 4.57. The number of para-hydroxylation sites is 1. The van der Waals surface area contributed by atoms with Crippen molar-refractivity contribution < 1.29 is 28.7 Å². The van der Waals surface area contributed by atoms with Crippen molar-refractivity contribution in [2.75, 3.05) is 23.7 Å². The highest BCUT2D eigenvalue weighted by molar-refractivity contribution is 6.24. The monoisotopic (exact) mass is 472 g/mol. The molecule has 2 aliphatic heterocycles. The van der Waals surface area contributed by atoms with Crippen molar-refractivity contribution in [1.82, 2.24) is 0 Å². The van der Waals surface area contributed by atoms with Crippen molar-refractivity contribution in [3.8, 4) is 5.75 Å². The first-order valence-electron chi connectivity index (χ1n) is 11.3. The van der Waals surface area contributed by atoms with Gasteiger partial charge in [0.25, 0.3) is 5.91 Å². The van der Waals surface area contributed by atoms with Gasteiger partial charge < -0.3 is 9.47 Å². The minimum absolute atomic E-state index is 0.259. The highest BCUT2D eigenvalue weighted by Gasteiger charge is 2.60. The largest absolute Gasteiger partial charge is 0.497 e. The predicted octanol–water partition coefficient (Wildman–Crippen LogP) is 3.92. The minimum atomic E-state index is -0.973. The Morgan fingerprint density at radius 1 is 0.886 bits per heavy atom. The van der Waals surface area contributed by atoms with E-state index in [9.17, 15) is 14.4 Å². The number of nitrogens with zero attached hydrogens (tertiary/aromatic N) is 2. The van der Waals surface area contributed by atoms with Crippen LogP contribution in [0.25, 0.3) is 0 Å². The lowest BCUT2D eigenvalue weighted by Crippen LogP contribution is -2.37. The van der Waals surface area contributed by atoms with E-state index in [-0.39, 0.29) is 12.5 Å². The van der Waals surface area contributed by atoms with Gasteiger partial charge in [-0.2, -0.15) is 0 Å². The standard InChI is InChI=1S/C27H24N2O6/c1-3-34-27(32)18-9-13-19(14-10-18)28-25(30)22-23(17-11-15-21(33-2)16-12-17)29(35-24(22)26(28)31)20-7-5-4-6-8-20/h4-16,22-24H,3H2,1-2H3. The molecule has 178 valence electrons. The van der Waals surface area contributed by atoms with Crippen LogP contribution in [0.2, 0.25) is 0 Å². The van der Waals surface area contributed by atoms with E-state index >= 15 is 0 Å². The summed E-state index contributed by atoms with van der Waals surface area (Å²) in [6.45, 7) is 1.99. The molecule has 35 heavy (non-hydrogen) atoms. The number of rotatable bonds is 6. The molecule has 2 amide bonds. The molecular weight excluding hydrogens is 448 g/mol. The van der Waals surface area contributed by atoms with Gasteiger partial charge in [0.05, 0.1) is 36.7 Å². The second-order valence-corrected chi connectivity index (χ2v) is 8.21. The van der Waals surface area contributed by atoms with Crippen molar-refractivity contribution >= 4 is 29.2 Å². The maximum absolute atomic E-state index is 13.7. The van der Waals surface area contributed by atoms with E-state index < -0.39 is 29.9 Å². The topological polar surface area (TPSA) is 85.4 Å². The Bertz CT molecular complexity index is 1240. The molecule has 2 fully saturated rings. The van der Waals surface area contributed by atoms with Gasteiger partial charge in [-0.1, -0.05) is 30.3 Å². The van der Waals surface area contributed by atoms with E-state index in [0.29, 0.717) is 17.0 Å². The summed E-state index contributed by atoms with van der Waals surface area (Å²) in [7, 11) is 1.59. The van der Waals surface area contributed by atoms with E-state index in [1.54, 1.807) is 43.4 Å². The number of anilines is 2. The predicted molar refractivity (Wildman–Crippen MR) is 128 cm³/mol. The first-order chi connectivity index (χ1) is 17.0. The summed E-state index contributed by atoms with van der Waals surface area (Å²) in [5.74, 6) is -1.33. The van der Waals surface area contributed by atoms with Crippen LogP contribution < -0.4 is 14.7 Å². The van der Waals surface area contributed by atoms with Crippen molar-refractivity contribution in [3.63, 3.8) is 0 Å². The normalized spacial score (nSPS) is 21.3. The average Bonchev–Trinajstić information content (AvgIpc) is 3.40. The van der Waals surface area contributed by atoms with Crippen LogP contribution in [0.1, 0.15) is 28.9 Å². The lowest BCUT2D eigenvalue weighted by molar-refractivity contribution is -0.126. The Morgan fingerprint density at radius 2 is 1.57 bits per heavy atom. The van der Waals surface area contributed by atoms with E-state index in [1.165, 1.54) is 0 Å². The number of imide groups is 1. The lowest BCUT2D eigenvalue weighted by Gasteiger charge is -2.28. The molecule has 2 aliphatic rings. The number of methoxy groups -OCH3 is 1. The quantitative estimate of drug-likeness (QED) is 0.397. The molecule has 5 rings (SSSR count). The molecule has 0 bridgehead atoms. The highest BCUT2D eigenvalue weighted by atomic mass is 16.7. The van der Waals surface area contributed by atoms with Crippen molar-refractivity contribution in [2.24, 2.45) is 5.92 Å². The molecule has 2 saturated heterocycles. The summed E-state index contributed by atoms with van der Waals surface area (Å²) in [5.41, 5.74) is 2.29. The van der Waals surface area contributed by atoms with Crippen LogP contribution >= 0.6 is 0 Å². The van der Waals surface area contributed by atoms with E-state index in [0.717, 1.165) is 16.2 Å². The summed E-state index contributed by atoms with van der Waals surface area (Å²) in [6.07, 6.45) is -0.973. The first-order valence-corrected chi connectivity index (χ1v) is 11.3. The number of carbonyl (C=O) groups is 3. The van der Waals surface area contributed by atoms with Crippen LogP contribution in [-0.2, 0) is 19.2 Å². The molecule has 0 saturated carbocycles. The SMILES string of the molecule is CCOC(=O)c1ccc(N2C(=O)C3ON(c4ccccc4)C(c4ccc(OC)cc4)C3C2=O)cc1. The molecule has 0 N–H and O–H groups in total. The molecular formula is C27H24N2O6. The number of benzene rings is 3. The summed E-state index contributed by atoms with van der Waals surface area (Å²) < 4.78 is 10.3. The van der Waals surface area contributed by atoms with Gasteiger partial charge in [-0.05, 0) is 61.0 Å². The number of carbonyl (C=O) groups excluding carboxylic acids is 3. The Kier molecular flexibility index (Phi) is 5.96. The smallest absolute Gasteiger partial charge is 0.338 e. The third-order valence-electron chi connectivity index (χ3n) is 6.22. The zero-order valence-electron chi connectivity index (χ0n) is 19.3. The number of amides is 2. The van der Waals surface area contributed by atoms with E-state index in [4.69, 9.17) is 14.3 Å². The van der Waals surface area contributed by atoms with Crippen LogP contribution in [0, 0.1) is 5.92 Å². The molecule has 0 aliphatic carbocycles. The van der Waals surface area contributed by atoms with Gasteiger partial charge >= 0.3 is 5.97 Å². The fourth-order valence-electron chi connectivity index (χ4n) is 4.57. The summed E-state index contributed by atoms with van der Waals surface area (Å²) in [5, 5.41) is 1.65. The van der Waals surface area contributed by atoms with Gasteiger partial charge in [-0.25, -0.2) is 14.8 Å². The van der Waals surface area contributed by atoms with Gasteiger partial charge in [0.2, 0.25) is 5.91 Å². The van der Waals surface area contributed by atoms with Gasteiger partial charge in [0.1, 0.15) is 11.7 Å². The maximum Gasteiger partial charge on any atom is 0.338 e. The van der Waals surface area contributed by atoms with Crippen LogP contribution in [0.5, 0.6) is 5.75 Å². The molecule has 0 aromatic heterocycles. The molecule has 8 nitrogen and oxygen atoms in total. The number of hydrogen-bond donors (Lipinski definition) is 0. The van der Waals surface area contributed by atoms with Gasteiger partial charge in [0, 0.05) is 0 Å². The molecule has 8 heteroatoms. The maximum atomic E-state index is 13.7.